The number of rotatable bonds is 2. The Balaban J connectivity index is 3.34. The van der Waals surface area contributed by atoms with E-state index in [0.29, 0.717) is 0 Å². The van der Waals surface area contributed by atoms with Crippen molar-refractivity contribution in [1.82, 2.24) is 0 Å². The molecule has 0 saturated heterocycles. The van der Waals surface area contributed by atoms with Gasteiger partial charge in [-0.2, -0.15) is 18.4 Å². The molecule has 0 aliphatic heterocycles. The van der Waals surface area contributed by atoms with Crippen LogP contribution in [-0.2, 0) is 0 Å². The van der Waals surface area contributed by atoms with Crippen LogP contribution in [0.5, 0.6) is 0 Å². The normalized spacial score (nSPS) is 11.0. The van der Waals surface area contributed by atoms with E-state index in [-0.39, 0.29) is 21.6 Å². The maximum Gasteiger partial charge on any atom is 0.446 e. The van der Waals surface area contributed by atoms with Gasteiger partial charge in [-0.3, -0.25) is 0 Å². The highest BCUT2D eigenvalue weighted by molar-refractivity contribution is 8.00. The van der Waals surface area contributed by atoms with E-state index >= 15 is 0 Å². The van der Waals surface area contributed by atoms with Crippen LogP contribution in [0.15, 0.2) is 17.0 Å². The van der Waals surface area contributed by atoms with Gasteiger partial charge in [0.05, 0.1) is 17.2 Å². The zero-order chi connectivity index (χ0) is 13.2. The number of aromatic carboxylic acids is 1. The van der Waals surface area contributed by atoms with Crippen molar-refractivity contribution in [2.24, 2.45) is 0 Å². The molecule has 1 aromatic carbocycles. The van der Waals surface area contributed by atoms with Crippen LogP contribution in [0.1, 0.15) is 21.5 Å². The van der Waals surface area contributed by atoms with Crippen molar-refractivity contribution in [3.8, 4) is 6.07 Å². The number of halogens is 3. The quantitative estimate of drug-likeness (QED) is 0.830. The van der Waals surface area contributed by atoms with Crippen molar-refractivity contribution < 1.29 is 23.1 Å². The van der Waals surface area contributed by atoms with Crippen LogP contribution in [0.4, 0.5) is 13.2 Å². The molecular formula is C10H6F3NO2S. The molecule has 1 aromatic rings. The monoisotopic (exact) mass is 261 g/mol. The maximum atomic E-state index is 12.2. The van der Waals surface area contributed by atoms with Crippen molar-refractivity contribution in [2.45, 2.75) is 17.3 Å². The van der Waals surface area contributed by atoms with Gasteiger partial charge in [0.2, 0.25) is 0 Å². The average molecular weight is 261 g/mol. The van der Waals surface area contributed by atoms with Gasteiger partial charge in [0.25, 0.3) is 0 Å². The molecule has 3 nitrogen and oxygen atoms in total. The fourth-order valence-electron chi connectivity index (χ4n) is 1.16. The Morgan fingerprint density at radius 2 is 2.06 bits per heavy atom. The zero-order valence-corrected chi connectivity index (χ0v) is 9.32. The summed E-state index contributed by atoms with van der Waals surface area (Å²) in [7, 11) is 0. The van der Waals surface area contributed by atoms with Crippen LogP contribution < -0.4 is 0 Å². The summed E-state index contributed by atoms with van der Waals surface area (Å²) in [5, 5.41) is 17.4. The van der Waals surface area contributed by atoms with Crippen LogP contribution in [0.2, 0.25) is 0 Å². The molecule has 0 atom stereocenters. The summed E-state index contributed by atoms with van der Waals surface area (Å²) in [6, 6.07) is 3.64. The van der Waals surface area contributed by atoms with E-state index in [1.165, 1.54) is 6.92 Å². The topological polar surface area (TPSA) is 61.1 Å². The number of carboxylic acids is 1. The fourth-order valence-corrected chi connectivity index (χ4v) is 1.86. The van der Waals surface area contributed by atoms with Crippen molar-refractivity contribution in [3.63, 3.8) is 0 Å². The fraction of sp³-hybridized carbons (Fsp3) is 0.200. The van der Waals surface area contributed by atoms with Crippen molar-refractivity contribution in [3.05, 3.63) is 28.8 Å². The molecule has 7 heteroatoms. The highest BCUT2D eigenvalue weighted by Crippen LogP contribution is 2.39. The Bertz CT molecular complexity index is 505. The lowest BCUT2D eigenvalue weighted by molar-refractivity contribution is -0.0328. The molecule has 0 aromatic heterocycles. The third-order valence-electron chi connectivity index (χ3n) is 1.95. The van der Waals surface area contributed by atoms with E-state index in [9.17, 15) is 18.0 Å². The van der Waals surface area contributed by atoms with Crippen molar-refractivity contribution >= 4 is 17.7 Å². The van der Waals surface area contributed by atoms with Crippen LogP contribution >= 0.6 is 11.8 Å². The zero-order valence-electron chi connectivity index (χ0n) is 8.50. The molecule has 0 aliphatic carbocycles. The third-order valence-corrected chi connectivity index (χ3v) is 2.83. The molecule has 0 spiro atoms. The SMILES string of the molecule is Cc1c(C#N)cc(C(=O)O)cc1SC(F)(F)F. The predicted octanol–water partition coefficient (Wildman–Crippen LogP) is 3.18. The standard InChI is InChI=1S/C10H6F3NO2S/c1-5-7(4-14)2-6(9(15)16)3-8(5)17-10(11,12)13/h2-3H,1H3,(H,15,16). The Kier molecular flexibility index (Phi) is 3.68. The minimum absolute atomic E-state index is 0.0725. The number of alkyl halides is 3. The first-order valence-electron chi connectivity index (χ1n) is 4.28. The summed E-state index contributed by atoms with van der Waals surface area (Å²) in [6.45, 7) is 1.35. The number of nitrogens with zero attached hydrogens (tertiary/aromatic N) is 1. The number of hydrogen-bond donors (Lipinski definition) is 1. The maximum absolute atomic E-state index is 12.2. The lowest BCUT2D eigenvalue weighted by atomic mass is 10.1. The third kappa shape index (κ3) is 3.39. The van der Waals surface area contributed by atoms with Crippen LogP contribution in [-0.4, -0.2) is 16.6 Å². The molecule has 0 bridgehead atoms. The highest BCUT2D eigenvalue weighted by atomic mass is 32.2. The van der Waals surface area contributed by atoms with Gasteiger partial charge in [0.1, 0.15) is 0 Å². The summed E-state index contributed by atoms with van der Waals surface area (Å²) in [5.74, 6) is -1.37. The molecule has 0 unspecified atom stereocenters. The van der Waals surface area contributed by atoms with E-state index in [1.54, 1.807) is 6.07 Å². The van der Waals surface area contributed by atoms with Crippen LogP contribution in [0, 0.1) is 18.3 Å². The van der Waals surface area contributed by atoms with E-state index < -0.39 is 23.2 Å². The summed E-state index contributed by atoms with van der Waals surface area (Å²) in [6.07, 6.45) is 0. The van der Waals surface area contributed by atoms with Crippen molar-refractivity contribution in [1.29, 1.82) is 5.26 Å². The van der Waals surface area contributed by atoms with Gasteiger partial charge < -0.3 is 5.11 Å². The summed E-state index contributed by atoms with van der Waals surface area (Å²) < 4.78 is 36.7. The number of nitriles is 1. The van der Waals surface area contributed by atoms with Gasteiger partial charge in [0.15, 0.2) is 0 Å². The lowest BCUT2D eigenvalue weighted by Crippen LogP contribution is -2.04. The van der Waals surface area contributed by atoms with Crippen LogP contribution in [0.3, 0.4) is 0 Å². The summed E-state index contributed by atoms with van der Waals surface area (Å²) in [4.78, 5) is 10.4. The minimum Gasteiger partial charge on any atom is -0.478 e. The predicted molar refractivity (Wildman–Crippen MR) is 54.8 cm³/mol. The molecule has 17 heavy (non-hydrogen) atoms. The number of hydrogen-bond acceptors (Lipinski definition) is 3. The lowest BCUT2D eigenvalue weighted by Gasteiger charge is -2.10. The van der Waals surface area contributed by atoms with E-state index in [4.69, 9.17) is 10.4 Å². The second-order valence-electron chi connectivity index (χ2n) is 3.11. The Hall–Kier alpha value is -1.68. The first-order valence-corrected chi connectivity index (χ1v) is 5.10. The molecule has 1 rings (SSSR count). The molecule has 0 heterocycles. The Labute approximate surface area is 98.9 Å². The second-order valence-corrected chi connectivity index (χ2v) is 4.22. The number of benzene rings is 1. The first kappa shape index (κ1) is 13.4. The molecule has 0 saturated carbocycles. The largest absolute Gasteiger partial charge is 0.478 e. The highest BCUT2D eigenvalue weighted by Gasteiger charge is 2.31. The molecule has 0 aliphatic rings. The van der Waals surface area contributed by atoms with Gasteiger partial charge in [0, 0.05) is 4.90 Å². The molecule has 0 amide bonds. The molecule has 1 N–H and O–H groups in total. The van der Waals surface area contributed by atoms with Crippen molar-refractivity contribution in [2.75, 3.05) is 0 Å². The summed E-state index contributed by atoms with van der Waals surface area (Å²) >= 11 is -0.426. The molecule has 0 radical (unpaired) electrons. The average Bonchev–Trinajstić information content (AvgIpc) is 2.18. The van der Waals surface area contributed by atoms with Gasteiger partial charge in [-0.05, 0) is 36.4 Å². The molecular weight excluding hydrogens is 255 g/mol. The van der Waals surface area contributed by atoms with Gasteiger partial charge in [-0.15, -0.1) is 0 Å². The summed E-state index contributed by atoms with van der Waals surface area (Å²) in [5.41, 5.74) is -4.80. The van der Waals surface area contributed by atoms with E-state index in [0.717, 1.165) is 12.1 Å². The molecule has 0 fully saturated rings. The smallest absolute Gasteiger partial charge is 0.446 e. The molecule has 90 valence electrons. The second kappa shape index (κ2) is 4.67. The van der Waals surface area contributed by atoms with E-state index in [2.05, 4.69) is 0 Å². The Morgan fingerprint density at radius 1 is 1.47 bits per heavy atom. The number of carbonyl (C=O) groups is 1. The Morgan fingerprint density at radius 3 is 2.47 bits per heavy atom. The first-order chi connectivity index (χ1) is 7.74. The van der Waals surface area contributed by atoms with Crippen LogP contribution in [0.25, 0.3) is 0 Å². The minimum atomic E-state index is -4.52. The number of thioether (sulfide) groups is 1. The van der Waals surface area contributed by atoms with E-state index in [1.807, 2.05) is 0 Å². The van der Waals surface area contributed by atoms with Gasteiger partial charge in [-0.25, -0.2) is 4.79 Å². The number of carboxylic acid groups (broad SMARTS) is 1. The van der Waals surface area contributed by atoms with Gasteiger partial charge >= 0.3 is 11.5 Å². The van der Waals surface area contributed by atoms with Gasteiger partial charge in [-0.1, -0.05) is 0 Å².